The molecule has 6 heteroatoms. The zero-order chi connectivity index (χ0) is 22.5. The van der Waals surface area contributed by atoms with Crippen LogP contribution in [0.5, 0.6) is 5.75 Å². The first-order valence-corrected chi connectivity index (χ1v) is 11.7. The predicted molar refractivity (Wildman–Crippen MR) is 129 cm³/mol. The normalized spacial score (nSPS) is 16.6. The number of ether oxygens (including phenoxy) is 1. The molecule has 0 saturated carbocycles. The van der Waals surface area contributed by atoms with Gasteiger partial charge in [0.15, 0.2) is 0 Å². The largest absolute Gasteiger partial charge is 0.497 e. The number of methoxy groups -OCH3 is 1. The van der Waals surface area contributed by atoms with Crippen LogP contribution in [0.15, 0.2) is 48.8 Å². The second-order valence-corrected chi connectivity index (χ2v) is 8.61. The fourth-order valence-corrected chi connectivity index (χ4v) is 4.80. The Labute approximate surface area is 190 Å². The third-order valence-electron chi connectivity index (χ3n) is 6.61. The van der Waals surface area contributed by atoms with Gasteiger partial charge in [-0.3, -0.25) is 9.78 Å². The molecule has 0 aliphatic carbocycles. The average Bonchev–Trinajstić information content (AvgIpc) is 3.25. The van der Waals surface area contributed by atoms with Gasteiger partial charge in [-0.15, -0.1) is 0 Å². The van der Waals surface area contributed by atoms with E-state index in [0.29, 0.717) is 12.5 Å². The van der Waals surface area contributed by atoms with Gasteiger partial charge in [-0.25, -0.2) is 0 Å². The number of carbonyl (C=O) groups excluding carboxylic acids is 1. The molecule has 2 aromatic heterocycles. The molecule has 1 unspecified atom stereocenters. The molecular weight excluding hydrogens is 400 g/mol. The highest BCUT2D eigenvalue weighted by atomic mass is 16.5. The molecule has 1 amide bonds. The van der Waals surface area contributed by atoms with E-state index in [1.54, 1.807) is 7.11 Å². The third kappa shape index (κ3) is 4.80. The summed E-state index contributed by atoms with van der Waals surface area (Å²) >= 11 is 0. The monoisotopic (exact) mass is 434 g/mol. The van der Waals surface area contributed by atoms with E-state index < -0.39 is 0 Å². The Morgan fingerprint density at radius 1 is 1.22 bits per heavy atom. The summed E-state index contributed by atoms with van der Waals surface area (Å²) in [6.07, 6.45) is 6.12. The van der Waals surface area contributed by atoms with Crippen molar-refractivity contribution in [3.8, 4) is 17.0 Å². The van der Waals surface area contributed by atoms with E-state index in [9.17, 15) is 4.79 Å². The maximum atomic E-state index is 13.3. The van der Waals surface area contributed by atoms with E-state index in [0.717, 1.165) is 67.1 Å². The zero-order valence-corrected chi connectivity index (χ0v) is 19.5. The molecule has 0 bridgehead atoms. The molecule has 1 fully saturated rings. The number of benzene rings is 1. The molecule has 1 aliphatic rings. The maximum Gasteiger partial charge on any atom is 0.242 e. The molecule has 1 aliphatic heterocycles. The van der Waals surface area contributed by atoms with Crippen molar-refractivity contribution < 1.29 is 9.53 Å². The van der Waals surface area contributed by atoms with Gasteiger partial charge in [0.25, 0.3) is 0 Å². The van der Waals surface area contributed by atoms with Crippen LogP contribution in [-0.2, 0) is 11.3 Å². The summed E-state index contributed by atoms with van der Waals surface area (Å²) in [6, 6.07) is 12.0. The van der Waals surface area contributed by atoms with Crippen LogP contribution < -0.4 is 4.74 Å². The van der Waals surface area contributed by atoms with Gasteiger partial charge >= 0.3 is 0 Å². The van der Waals surface area contributed by atoms with Gasteiger partial charge in [-0.2, -0.15) is 0 Å². The van der Waals surface area contributed by atoms with Gasteiger partial charge in [-0.05, 0) is 56.1 Å². The number of fused-ring (bicyclic) bond motifs is 1. The first-order chi connectivity index (χ1) is 15.6. The summed E-state index contributed by atoms with van der Waals surface area (Å²) in [7, 11) is 1.67. The standard InChI is InChI=1S/C26H34N4O2/c1-4-28(5-2)17-20-8-7-14-29(18-20)24(31)19-30-15-12-21-11-13-27-25(26(21)30)22-9-6-10-23(16-22)32-3/h6,9-13,15-16,20H,4-5,7-8,14,17-19H2,1-3H3. The Hall–Kier alpha value is -2.86. The van der Waals surface area contributed by atoms with E-state index in [1.807, 2.05) is 47.3 Å². The lowest BCUT2D eigenvalue weighted by Gasteiger charge is -2.35. The van der Waals surface area contributed by atoms with Gasteiger partial charge in [0.1, 0.15) is 12.3 Å². The van der Waals surface area contributed by atoms with Crippen molar-refractivity contribution >= 4 is 16.8 Å². The van der Waals surface area contributed by atoms with Crippen LogP contribution in [-0.4, -0.2) is 65.1 Å². The summed E-state index contributed by atoms with van der Waals surface area (Å²) in [4.78, 5) is 22.5. The molecule has 1 aromatic carbocycles. The quantitative estimate of drug-likeness (QED) is 0.531. The first-order valence-electron chi connectivity index (χ1n) is 11.7. The average molecular weight is 435 g/mol. The van der Waals surface area contributed by atoms with Crippen LogP contribution in [0, 0.1) is 5.92 Å². The highest BCUT2D eigenvalue weighted by Gasteiger charge is 2.25. The number of piperidine rings is 1. The topological polar surface area (TPSA) is 50.6 Å². The number of carbonyl (C=O) groups is 1. The fourth-order valence-electron chi connectivity index (χ4n) is 4.80. The lowest BCUT2D eigenvalue weighted by atomic mass is 9.97. The van der Waals surface area contributed by atoms with Crippen molar-refractivity contribution in [3.63, 3.8) is 0 Å². The predicted octanol–water partition coefficient (Wildman–Crippen LogP) is 4.29. The molecule has 4 rings (SSSR count). The molecular formula is C26H34N4O2. The minimum atomic E-state index is 0.187. The van der Waals surface area contributed by atoms with Crippen molar-refractivity contribution in [3.05, 3.63) is 48.8 Å². The van der Waals surface area contributed by atoms with Crippen molar-refractivity contribution in [2.24, 2.45) is 5.92 Å². The van der Waals surface area contributed by atoms with Crippen LogP contribution in [0.4, 0.5) is 0 Å². The molecule has 6 nitrogen and oxygen atoms in total. The van der Waals surface area contributed by atoms with Gasteiger partial charge < -0.3 is 19.1 Å². The van der Waals surface area contributed by atoms with Crippen molar-refractivity contribution in [1.82, 2.24) is 19.4 Å². The molecule has 0 spiro atoms. The second-order valence-electron chi connectivity index (χ2n) is 8.61. The Balaban J connectivity index is 1.55. The number of aromatic nitrogens is 2. The van der Waals surface area contributed by atoms with Gasteiger partial charge in [0, 0.05) is 43.0 Å². The maximum absolute atomic E-state index is 13.3. The lowest BCUT2D eigenvalue weighted by molar-refractivity contribution is -0.133. The van der Waals surface area contributed by atoms with Crippen molar-refractivity contribution in [2.75, 3.05) is 39.8 Å². The van der Waals surface area contributed by atoms with E-state index in [2.05, 4.69) is 34.7 Å². The minimum absolute atomic E-state index is 0.187. The zero-order valence-electron chi connectivity index (χ0n) is 19.5. The number of hydrogen-bond donors (Lipinski definition) is 0. The molecule has 1 saturated heterocycles. The summed E-state index contributed by atoms with van der Waals surface area (Å²) in [5.41, 5.74) is 2.85. The molecule has 32 heavy (non-hydrogen) atoms. The second kappa shape index (κ2) is 10.2. The number of rotatable bonds is 8. The highest BCUT2D eigenvalue weighted by molar-refractivity contribution is 5.93. The Morgan fingerprint density at radius 3 is 2.84 bits per heavy atom. The van der Waals surface area contributed by atoms with Crippen LogP contribution in [0.1, 0.15) is 26.7 Å². The van der Waals surface area contributed by atoms with Crippen molar-refractivity contribution in [2.45, 2.75) is 33.2 Å². The Kier molecular flexibility index (Phi) is 7.10. The van der Waals surface area contributed by atoms with E-state index in [4.69, 9.17) is 4.74 Å². The SMILES string of the molecule is CCN(CC)CC1CCCN(C(=O)Cn2ccc3ccnc(-c4cccc(OC)c4)c32)C1. The van der Waals surface area contributed by atoms with Crippen molar-refractivity contribution in [1.29, 1.82) is 0 Å². The summed E-state index contributed by atoms with van der Waals surface area (Å²) in [5.74, 6) is 1.54. The van der Waals surface area contributed by atoms with Gasteiger partial charge in [0.05, 0.1) is 18.3 Å². The lowest BCUT2D eigenvalue weighted by Crippen LogP contribution is -2.44. The van der Waals surface area contributed by atoms with E-state index in [1.165, 1.54) is 6.42 Å². The number of hydrogen-bond acceptors (Lipinski definition) is 4. The fraction of sp³-hybridized carbons (Fsp3) is 0.462. The van der Waals surface area contributed by atoms with Gasteiger partial charge in [0.2, 0.25) is 5.91 Å². The van der Waals surface area contributed by atoms with Crippen LogP contribution in [0.2, 0.25) is 0 Å². The first kappa shape index (κ1) is 22.3. The Bertz CT molecular complexity index is 1060. The molecule has 3 heterocycles. The highest BCUT2D eigenvalue weighted by Crippen LogP contribution is 2.30. The number of pyridine rings is 1. The molecule has 170 valence electrons. The van der Waals surface area contributed by atoms with Crippen LogP contribution in [0.3, 0.4) is 0 Å². The van der Waals surface area contributed by atoms with Crippen LogP contribution in [0.25, 0.3) is 22.2 Å². The van der Waals surface area contributed by atoms with E-state index >= 15 is 0 Å². The molecule has 0 N–H and O–H groups in total. The third-order valence-corrected chi connectivity index (χ3v) is 6.61. The molecule has 1 atom stereocenters. The molecule has 0 radical (unpaired) electrons. The molecule has 3 aromatic rings. The summed E-state index contributed by atoms with van der Waals surface area (Å²) in [5, 5.41) is 1.09. The van der Waals surface area contributed by atoms with Gasteiger partial charge in [-0.1, -0.05) is 26.0 Å². The number of nitrogens with zero attached hydrogens (tertiary/aromatic N) is 4. The Morgan fingerprint density at radius 2 is 2.06 bits per heavy atom. The number of amides is 1. The number of likely N-dealkylation sites (tertiary alicyclic amines) is 1. The summed E-state index contributed by atoms with van der Waals surface area (Å²) < 4.78 is 7.45. The van der Waals surface area contributed by atoms with Crippen LogP contribution >= 0.6 is 0 Å². The summed E-state index contributed by atoms with van der Waals surface area (Å²) in [6.45, 7) is 9.67. The van der Waals surface area contributed by atoms with E-state index in [-0.39, 0.29) is 5.91 Å². The smallest absolute Gasteiger partial charge is 0.242 e. The minimum Gasteiger partial charge on any atom is -0.497 e.